The molecule has 2 aromatic rings. The molecule has 0 saturated carbocycles. The predicted octanol–water partition coefficient (Wildman–Crippen LogP) is 2.59. The highest BCUT2D eigenvalue weighted by Crippen LogP contribution is 2.32. The molecule has 0 aliphatic carbocycles. The van der Waals surface area contributed by atoms with Crippen LogP contribution in [0.4, 0.5) is 13.2 Å². The average molecular weight is 240 g/mol. The van der Waals surface area contributed by atoms with Crippen LogP contribution in [0.25, 0.3) is 0 Å². The Morgan fingerprint density at radius 2 is 1.88 bits per heavy atom. The number of rotatable bonds is 1. The van der Waals surface area contributed by atoms with Gasteiger partial charge < -0.3 is 0 Å². The lowest BCUT2D eigenvalue weighted by atomic mass is 10.1. The lowest BCUT2D eigenvalue weighted by Gasteiger charge is -2.11. The van der Waals surface area contributed by atoms with Gasteiger partial charge in [0, 0.05) is 12.4 Å². The third-order valence-corrected chi connectivity index (χ3v) is 2.18. The molecule has 0 atom stereocenters. The SMILES string of the molecule is O=C(c1ccccc1C(F)(F)F)n1cccn1. The van der Waals surface area contributed by atoms with Gasteiger partial charge >= 0.3 is 6.18 Å². The molecule has 0 saturated heterocycles. The second kappa shape index (κ2) is 4.04. The minimum absolute atomic E-state index is 0.413. The van der Waals surface area contributed by atoms with Gasteiger partial charge in [-0.2, -0.15) is 18.3 Å². The quantitative estimate of drug-likeness (QED) is 0.767. The normalized spacial score (nSPS) is 11.5. The van der Waals surface area contributed by atoms with Crippen molar-refractivity contribution in [3.8, 4) is 0 Å². The highest BCUT2D eigenvalue weighted by atomic mass is 19.4. The molecule has 0 aliphatic heterocycles. The van der Waals surface area contributed by atoms with E-state index < -0.39 is 23.2 Å². The second-order valence-corrected chi connectivity index (χ2v) is 3.30. The summed E-state index contributed by atoms with van der Waals surface area (Å²) in [6.07, 6.45) is -1.93. The molecule has 0 spiro atoms. The average Bonchev–Trinajstić information content (AvgIpc) is 2.80. The minimum Gasteiger partial charge on any atom is -0.267 e. The standard InChI is InChI=1S/C11H7F3N2O/c12-11(13,14)9-5-2-1-4-8(9)10(17)16-7-3-6-15-16/h1-7H. The highest BCUT2D eigenvalue weighted by Gasteiger charge is 2.35. The van der Waals surface area contributed by atoms with E-state index in [4.69, 9.17) is 0 Å². The molecule has 17 heavy (non-hydrogen) atoms. The van der Waals surface area contributed by atoms with Crippen molar-refractivity contribution < 1.29 is 18.0 Å². The van der Waals surface area contributed by atoms with Crippen molar-refractivity contribution in [1.82, 2.24) is 9.78 Å². The Bertz CT molecular complexity index is 532. The van der Waals surface area contributed by atoms with Crippen LogP contribution in [-0.2, 0) is 6.18 Å². The molecule has 3 nitrogen and oxygen atoms in total. The van der Waals surface area contributed by atoms with Crippen LogP contribution in [0, 0.1) is 0 Å². The summed E-state index contributed by atoms with van der Waals surface area (Å²) < 4.78 is 38.9. The van der Waals surface area contributed by atoms with Gasteiger partial charge in [0.15, 0.2) is 0 Å². The van der Waals surface area contributed by atoms with Crippen molar-refractivity contribution in [1.29, 1.82) is 0 Å². The maximum Gasteiger partial charge on any atom is 0.417 e. The van der Waals surface area contributed by atoms with Crippen molar-refractivity contribution >= 4 is 5.91 Å². The van der Waals surface area contributed by atoms with E-state index in [0.29, 0.717) is 0 Å². The largest absolute Gasteiger partial charge is 0.417 e. The summed E-state index contributed by atoms with van der Waals surface area (Å²) in [6.45, 7) is 0. The minimum atomic E-state index is -4.56. The maximum absolute atomic E-state index is 12.7. The molecule has 0 amide bonds. The Morgan fingerprint density at radius 3 is 2.47 bits per heavy atom. The molecular weight excluding hydrogens is 233 g/mol. The number of benzene rings is 1. The van der Waals surface area contributed by atoms with Crippen molar-refractivity contribution in [2.45, 2.75) is 6.18 Å². The second-order valence-electron chi connectivity index (χ2n) is 3.30. The van der Waals surface area contributed by atoms with E-state index in [2.05, 4.69) is 5.10 Å². The Hall–Kier alpha value is -2.11. The fourth-order valence-electron chi connectivity index (χ4n) is 1.43. The third-order valence-electron chi connectivity index (χ3n) is 2.18. The molecule has 1 aromatic heterocycles. The molecular formula is C11H7F3N2O. The molecule has 88 valence electrons. The van der Waals surface area contributed by atoms with Gasteiger partial charge in [0.25, 0.3) is 5.91 Å². The van der Waals surface area contributed by atoms with Gasteiger partial charge in [0.1, 0.15) is 0 Å². The van der Waals surface area contributed by atoms with Gasteiger partial charge in [-0.1, -0.05) is 12.1 Å². The molecule has 6 heteroatoms. The summed E-state index contributed by atoms with van der Waals surface area (Å²) in [5.74, 6) is -0.803. The summed E-state index contributed by atoms with van der Waals surface area (Å²) >= 11 is 0. The Labute approximate surface area is 94.5 Å². The predicted molar refractivity (Wildman–Crippen MR) is 53.4 cm³/mol. The van der Waals surface area contributed by atoms with Gasteiger partial charge in [-0.15, -0.1) is 0 Å². The number of hydrogen-bond acceptors (Lipinski definition) is 2. The van der Waals surface area contributed by atoms with Gasteiger partial charge in [0.05, 0.1) is 11.1 Å². The number of hydrogen-bond donors (Lipinski definition) is 0. The summed E-state index contributed by atoms with van der Waals surface area (Å²) in [4.78, 5) is 11.8. The van der Waals surface area contributed by atoms with Crippen LogP contribution in [0.3, 0.4) is 0 Å². The zero-order valence-corrected chi connectivity index (χ0v) is 8.48. The molecule has 0 radical (unpaired) electrons. The fourth-order valence-corrected chi connectivity index (χ4v) is 1.43. The summed E-state index contributed by atoms with van der Waals surface area (Å²) in [6, 6.07) is 6.09. The summed E-state index contributed by atoms with van der Waals surface area (Å²) in [5.41, 5.74) is -1.37. The first-order chi connectivity index (χ1) is 8.00. The number of nitrogens with zero attached hydrogens (tertiary/aromatic N) is 2. The van der Waals surface area contributed by atoms with Crippen LogP contribution >= 0.6 is 0 Å². The van der Waals surface area contributed by atoms with Crippen LogP contribution in [0.5, 0.6) is 0 Å². The fraction of sp³-hybridized carbons (Fsp3) is 0.0909. The van der Waals surface area contributed by atoms with Crippen molar-refractivity contribution in [2.24, 2.45) is 0 Å². The Morgan fingerprint density at radius 1 is 1.18 bits per heavy atom. The molecule has 2 rings (SSSR count). The first-order valence-corrected chi connectivity index (χ1v) is 4.71. The monoisotopic (exact) mass is 240 g/mol. The van der Waals surface area contributed by atoms with E-state index >= 15 is 0 Å². The highest BCUT2D eigenvalue weighted by molar-refractivity contribution is 5.96. The van der Waals surface area contributed by atoms with Gasteiger partial charge in [-0.05, 0) is 18.2 Å². The molecule has 0 fully saturated rings. The zero-order chi connectivity index (χ0) is 12.5. The van der Waals surface area contributed by atoms with Crippen molar-refractivity contribution in [3.63, 3.8) is 0 Å². The number of halogens is 3. The molecule has 0 aliphatic rings. The Kier molecular flexibility index (Phi) is 2.71. The first kappa shape index (κ1) is 11.4. The summed E-state index contributed by atoms with van der Waals surface area (Å²) in [5, 5.41) is 3.62. The van der Waals surface area contributed by atoms with Crippen LogP contribution in [0.1, 0.15) is 15.9 Å². The molecule has 0 bridgehead atoms. The van der Waals surface area contributed by atoms with E-state index in [9.17, 15) is 18.0 Å². The first-order valence-electron chi connectivity index (χ1n) is 4.71. The molecule has 1 aromatic carbocycles. The van der Waals surface area contributed by atoms with Crippen LogP contribution in [-0.4, -0.2) is 15.7 Å². The van der Waals surface area contributed by atoms with Gasteiger partial charge in [-0.25, -0.2) is 4.68 Å². The lowest BCUT2D eigenvalue weighted by Crippen LogP contribution is -2.18. The van der Waals surface area contributed by atoms with Crippen LogP contribution in [0.2, 0.25) is 0 Å². The Balaban J connectivity index is 2.50. The van der Waals surface area contributed by atoms with E-state index in [1.54, 1.807) is 0 Å². The van der Waals surface area contributed by atoms with E-state index in [1.165, 1.54) is 30.6 Å². The summed E-state index contributed by atoms with van der Waals surface area (Å²) in [7, 11) is 0. The van der Waals surface area contributed by atoms with Crippen LogP contribution < -0.4 is 0 Å². The van der Waals surface area contributed by atoms with Crippen molar-refractivity contribution in [3.05, 3.63) is 53.9 Å². The van der Waals surface area contributed by atoms with Gasteiger partial charge in [0.2, 0.25) is 0 Å². The van der Waals surface area contributed by atoms with Crippen LogP contribution in [0.15, 0.2) is 42.7 Å². The van der Waals surface area contributed by atoms with E-state index in [-0.39, 0.29) is 0 Å². The lowest BCUT2D eigenvalue weighted by molar-refractivity contribution is -0.137. The zero-order valence-electron chi connectivity index (χ0n) is 8.48. The number of aromatic nitrogens is 2. The smallest absolute Gasteiger partial charge is 0.267 e. The maximum atomic E-state index is 12.7. The van der Waals surface area contributed by atoms with Crippen molar-refractivity contribution in [2.75, 3.05) is 0 Å². The van der Waals surface area contributed by atoms with Gasteiger partial charge in [-0.3, -0.25) is 4.79 Å². The van der Waals surface area contributed by atoms with E-state index in [0.717, 1.165) is 16.8 Å². The number of alkyl halides is 3. The third kappa shape index (κ3) is 2.20. The number of carbonyl (C=O) groups is 1. The molecule has 1 heterocycles. The number of carbonyl (C=O) groups excluding carboxylic acids is 1. The molecule has 0 N–H and O–H groups in total. The molecule has 0 unspecified atom stereocenters. The topological polar surface area (TPSA) is 34.9 Å². The van der Waals surface area contributed by atoms with E-state index in [1.807, 2.05) is 0 Å².